The predicted octanol–water partition coefficient (Wildman–Crippen LogP) is -0.620. The summed E-state index contributed by atoms with van der Waals surface area (Å²) in [4.78, 5) is 12.1. The molecule has 92 valence electrons. The zero-order valence-electron chi connectivity index (χ0n) is 10.2. The second-order valence-electron chi connectivity index (χ2n) is 4.25. The number of rotatable bonds is 4. The van der Waals surface area contributed by atoms with E-state index in [4.69, 9.17) is 0 Å². The third-order valence-electron chi connectivity index (χ3n) is 2.66. The lowest BCUT2D eigenvalue weighted by molar-refractivity contribution is 0.411. The lowest BCUT2D eigenvalue weighted by Gasteiger charge is -2.10. The van der Waals surface area contributed by atoms with E-state index < -0.39 is 0 Å². The minimum absolute atomic E-state index is 0.133. The van der Waals surface area contributed by atoms with E-state index in [1.165, 1.54) is 10.9 Å². The van der Waals surface area contributed by atoms with Crippen molar-refractivity contribution in [2.75, 3.05) is 13.6 Å². The molecule has 0 amide bonds. The van der Waals surface area contributed by atoms with Crippen LogP contribution in [-0.2, 0) is 13.6 Å². The molecule has 17 heavy (non-hydrogen) atoms. The van der Waals surface area contributed by atoms with Gasteiger partial charge in [0.25, 0.3) is 5.56 Å². The molecular formula is C10H16N6O. The quantitative estimate of drug-likeness (QED) is 0.765. The molecule has 0 bridgehead atoms. The Labute approximate surface area is 98.4 Å². The van der Waals surface area contributed by atoms with Gasteiger partial charge in [-0.25, -0.2) is 9.36 Å². The van der Waals surface area contributed by atoms with Crippen molar-refractivity contribution in [3.8, 4) is 0 Å². The zero-order chi connectivity index (χ0) is 12.4. The maximum atomic E-state index is 12.1. The first-order valence-electron chi connectivity index (χ1n) is 5.53. The van der Waals surface area contributed by atoms with Gasteiger partial charge in [-0.1, -0.05) is 12.1 Å². The summed E-state index contributed by atoms with van der Waals surface area (Å²) < 4.78 is 2.94. The molecule has 0 aliphatic heterocycles. The number of aryl methyl sites for hydroxylation is 1. The first-order valence-corrected chi connectivity index (χ1v) is 5.53. The molecule has 0 saturated heterocycles. The minimum Gasteiger partial charge on any atom is -0.319 e. The fraction of sp³-hybridized carbons (Fsp3) is 0.600. The molecule has 0 saturated carbocycles. The number of aromatic nitrogens is 5. The van der Waals surface area contributed by atoms with E-state index in [-0.39, 0.29) is 5.56 Å². The van der Waals surface area contributed by atoms with Gasteiger partial charge in [-0.2, -0.15) is 5.10 Å². The highest BCUT2D eigenvalue weighted by molar-refractivity contribution is 5.72. The monoisotopic (exact) mass is 236 g/mol. The molecule has 2 rings (SSSR count). The van der Waals surface area contributed by atoms with E-state index in [1.807, 2.05) is 7.05 Å². The topological polar surface area (TPSA) is 77.6 Å². The molecule has 0 aliphatic rings. The van der Waals surface area contributed by atoms with Crippen LogP contribution in [0.1, 0.15) is 6.92 Å². The molecule has 0 aliphatic carbocycles. The molecule has 2 aromatic rings. The molecule has 7 heteroatoms. The first kappa shape index (κ1) is 11.7. The third-order valence-corrected chi connectivity index (χ3v) is 2.66. The fourth-order valence-corrected chi connectivity index (χ4v) is 1.80. The van der Waals surface area contributed by atoms with Crippen LogP contribution >= 0.6 is 0 Å². The summed E-state index contributed by atoms with van der Waals surface area (Å²) in [7, 11) is 3.62. The van der Waals surface area contributed by atoms with Crippen molar-refractivity contribution in [1.82, 2.24) is 30.1 Å². The largest absolute Gasteiger partial charge is 0.319 e. The Kier molecular flexibility index (Phi) is 3.19. The van der Waals surface area contributed by atoms with E-state index in [0.717, 1.165) is 6.54 Å². The summed E-state index contributed by atoms with van der Waals surface area (Å²) in [5.74, 6) is 0.320. The SMILES string of the molecule is CNCC(C)Cn1nnc2c(cnn2C)c1=O. The molecule has 1 atom stereocenters. The number of nitrogens with one attached hydrogen (secondary N) is 1. The molecule has 7 nitrogen and oxygen atoms in total. The van der Waals surface area contributed by atoms with Crippen LogP contribution < -0.4 is 10.9 Å². The van der Waals surface area contributed by atoms with Crippen LogP contribution in [0.15, 0.2) is 11.0 Å². The third kappa shape index (κ3) is 2.19. The average molecular weight is 236 g/mol. The Bertz CT molecular complexity index is 572. The van der Waals surface area contributed by atoms with Gasteiger partial charge in [0, 0.05) is 7.05 Å². The van der Waals surface area contributed by atoms with Crippen molar-refractivity contribution in [2.24, 2.45) is 13.0 Å². The van der Waals surface area contributed by atoms with E-state index in [0.29, 0.717) is 23.5 Å². The van der Waals surface area contributed by atoms with Gasteiger partial charge >= 0.3 is 0 Å². The van der Waals surface area contributed by atoms with E-state index in [9.17, 15) is 4.79 Å². The molecule has 0 fully saturated rings. The van der Waals surface area contributed by atoms with Crippen molar-refractivity contribution in [2.45, 2.75) is 13.5 Å². The van der Waals surface area contributed by atoms with Crippen LogP contribution in [-0.4, -0.2) is 38.4 Å². The minimum atomic E-state index is -0.133. The lowest BCUT2D eigenvalue weighted by atomic mass is 10.2. The van der Waals surface area contributed by atoms with Crippen molar-refractivity contribution < 1.29 is 0 Å². The summed E-state index contributed by atoms with van der Waals surface area (Å²) in [6.45, 7) is 3.44. The van der Waals surface area contributed by atoms with Crippen LogP contribution in [0.25, 0.3) is 11.0 Å². The van der Waals surface area contributed by atoms with E-state index in [2.05, 4.69) is 27.7 Å². The Morgan fingerprint density at radius 3 is 3.00 bits per heavy atom. The van der Waals surface area contributed by atoms with Crippen molar-refractivity contribution in [1.29, 1.82) is 0 Å². The Morgan fingerprint density at radius 2 is 2.29 bits per heavy atom. The lowest BCUT2D eigenvalue weighted by Crippen LogP contribution is -2.30. The second kappa shape index (κ2) is 4.62. The van der Waals surface area contributed by atoms with Gasteiger partial charge in [0.05, 0.1) is 12.7 Å². The van der Waals surface area contributed by atoms with Gasteiger partial charge in [0.1, 0.15) is 5.39 Å². The highest BCUT2D eigenvalue weighted by Gasteiger charge is 2.11. The van der Waals surface area contributed by atoms with Crippen LogP contribution in [0.3, 0.4) is 0 Å². The van der Waals surface area contributed by atoms with Crippen LogP contribution in [0.5, 0.6) is 0 Å². The molecule has 0 aromatic carbocycles. The Hall–Kier alpha value is -1.76. The van der Waals surface area contributed by atoms with Crippen LogP contribution in [0, 0.1) is 5.92 Å². The smallest absolute Gasteiger partial charge is 0.280 e. The van der Waals surface area contributed by atoms with Gasteiger partial charge in [0.15, 0.2) is 5.65 Å². The summed E-state index contributed by atoms with van der Waals surface area (Å²) in [5.41, 5.74) is 0.388. The number of nitrogens with zero attached hydrogens (tertiary/aromatic N) is 5. The summed E-state index contributed by atoms with van der Waals surface area (Å²) in [5, 5.41) is 15.5. The number of fused-ring (bicyclic) bond motifs is 1. The predicted molar refractivity (Wildman–Crippen MR) is 63.7 cm³/mol. The number of hydrogen-bond donors (Lipinski definition) is 1. The average Bonchev–Trinajstić information content (AvgIpc) is 2.66. The summed E-state index contributed by atoms with van der Waals surface area (Å²) in [6, 6.07) is 0. The zero-order valence-corrected chi connectivity index (χ0v) is 10.2. The van der Waals surface area contributed by atoms with E-state index >= 15 is 0 Å². The Morgan fingerprint density at radius 1 is 1.53 bits per heavy atom. The first-order chi connectivity index (χ1) is 8.13. The molecular weight excluding hydrogens is 220 g/mol. The van der Waals surface area contributed by atoms with Crippen molar-refractivity contribution >= 4 is 11.0 Å². The molecule has 1 N–H and O–H groups in total. The summed E-state index contributed by atoms with van der Waals surface area (Å²) in [6.07, 6.45) is 1.53. The maximum absolute atomic E-state index is 12.1. The Balaban J connectivity index is 2.36. The molecule has 0 spiro atoms. The molecule has 0 radical (unpaired) electrons. The van der Waals surface area contributed by atoms with Gasteiger partial charge in [-0.05, 0) is 19.5 Å². The second-order valence-corrected chi connectivity index (χ2v) is 4.25. The fourth-order valence-electron chi connectivity index (χ4n) is 1.80. The molecule has 2 aromatic heterocycles. The van der Waals surface area contributed by atoms with E-state index in [1.54, 1.807) is 11.7 Å². The van der Waals surface area contributed by atoms with Gasteiger partial charge < -0.3 is 5.32 Å². The maximum Gasteiger partial charge on any atom is 0.280 e. The normalized spacial score (nSPS) is 13.1. The van der Waals surface area contributed by atoms with Crippen LogP contribution in [0.4, 0.5) is 0 Å². The summed E-state index contributed by atoms with van der Waals surface area (Å²) >= 11 is 0. The molecule has 1 unspecified atom stereocenters. The standard InChI is InChI=1S/C10H16N6O/c1-7(4-11-2)6-16-10(17)8-5-12-15(3)9(8)13-14-16/h5,7,11H,4,6H2,1-3H3. The van der Waals surface area contributed by atoms with Crippen LogP contribution in [0.2, 0.25) is 0 Å². The van der Waals surface area contributed by atoms with Crippen molar-refractivity contribution in [3.05, 3.63) is 16.6 Å². The highest BCUT2D eigenvalue weighted by Crippen LogP contribution is 2.02. The highest BCUT2D eigenvalue weighted by atomic mass is 16.1. The molecule has 2 heterocycles. The van der Waals surface area contributed by atoms with Gasteiger partial charge in [-0.15, -0.1) is 5.10 Å². The number of hydrogen-bond acceptors (Lipinski definition) is 5. The van der Waals surface area contributed by atoms with Crippen molar-refractivity contribution in [3.63, 3.8) is 0 Å². The van der Waals surface area contributed by atoms with Gasteiger partial charge in [0.2, 0.25) is 0 Å². The van der Waals surface area contributed by atoms with Gasteiger partial charge in [-0.3, -0.25) is 4.79 Å².